The summed E-state index contributed by atoms with van der Waals surface area (Å²) < 4.78 is 0. The van der Waals surface area contributed by atoms with Crippen molar-refractivity contribution in [3.63, 3.8) is 0 Å². The smallest absolute Gasteiger partial charge is 0.227 e. The van der Waals surface area contributed by atoms with Crippen molar-refractivity contribution in [1.29, 1.82) is 0 Å². The van der Waals surface area contributed by atoms with Crippen LogP contribution in [0.15, 0.2) is 60.9 Å². The van der Waals surface area contributed by atoms with Gasteiger partial charge in [0, 0.05) is 37.9 Å². The van der Waals surface area contributed by atoms with E-state index < -0.39 is 0 Å². The minimum atomic E-state index is 0.555. The van der Waals surface area contributed by atoms with Crippen LogP contribution in [0, 0.1) is 0 Å². The first-order valence-corrected chi connectivity index (χ1v) is 7.01. The fourth-order valence-corrected chi connectivity index (χ4v) is 2.07. The van der Waals surface area contributed by atoms with Crippen LogP contribution in [0.2, 0.25) is 0 Å². The summed E-state index contributed by atoms with van der Waals surface area (Å²) >= 11 is 0. The quantitative estimate of drug-likeness (QED) is 0.799. The van der Waals surface area contributed by atoms with Crippen LogP contribution >= 0.6 is 0 Å². The number of nitrogens with zero attached hydrogens (tertiary/aromatic N) is 4. The highest BCUT2D eigenvalue weighted by molar-refractivity contribution is 5.63. The van der Waals surface area contributed by atoms with Crippen molar-refractivity contribution in [1.82, 2.24) is 15.0 Å². The summed E-state index contributed by atoms with van der Waals surface area (Å²) in [4.78, 5) is 15.1. The molecule has 0 radical (unpaired) electrons. The number of hydrogen-bond acceptors (Lipinski definition) is 5. The molecule has 5 heteroatoms. The van der Waals surface area contributed by atoms with Gasteiger partial charge in [-0.05, 0) is 36.4 Å². The molecule has 0 atom stereocenters. The average Bonchev–Trinajstić information content (AvgIpc) is 2.56. The van der Waals surface area contributed by atoms with E-state index in [2.05, 4.69) is 37.3 Å². The van der Waals surface area contributed by atoms with E-state index in [-0.39, 0.29) is 0 Å². The number of pyridine rings is 1. The van der Waals surface area contributed by atoms with E-state index in [4.69, 9.17) is 0 Å². The van der Waals surface area contributed by atoms with Gasteiger partial charge in [0.2, 0.25) is 5.95 Å². The lowest BCUT2D eigenvalue weighted by Crippen LogP contribution is -2.08. The van der Waals surface area contributed by atoms with Crippen LogP contribution in [-0.4, -0.2) is 29.0 Å². The zero-order valence-corrected chi connectivity index (χ0v) is 12.6. The number of rotatable bonds is 4. The predicted molar refractivity (Wildman–Crippen MR) is 89.3 cm³/mol. The Labute approximate surface area is 129 Å². The summed E-state index contributed by atoms with van der Waals surface area (Å²) in [6.45, 7) is 0. The number of nitrogens with one attached hydrogen (secondary N) is 1. The van der Waals surface area contributed by atoms with E-state index in [1.54, 1.807) is 12.4 Å². The highest BCUT2D eigenvalue weighted by Gasteiger charge is 2.04. The monoisotopic (exact) mass is 291 g/mol. The molecule has 5 nitrogen and oxygen atoms in total. The van der Waals surface area contributed by atoms with Crippen molar-refractivity contribution in [3.05, 3.63) is 60.9 Å². The second-order valence-corrected chi connectivity index (χ2v) is 5.05. The van der Waals surface area contributed by atoms with Gasteiger partial charge in [0.1, 0.15) is 0 Å². The molecular formula is C17H17N5. The maximum atomic E-state index is 4.51. The molecule has 0 aliphatic carbocycles. The molecule has 0 saturated heterocycles. The molecular weight excluding hydrogens is 274 g/mol. The van der Waals surface area contributed by atoms with Crippen molar-refractivity contribution >= 4 is 17.3 Å². The second kappa shape index (κ2) is 6.22. The summed E-state index contributed by atoms with van der Waals surface area (Å²) in [6.07, 6.45) is 3.49. The van der Waals surface area contributed by atoms with E-state index in [9.17, 15) is 0 Å². The molecule has 0 saturated carbocycles. The molecule has 110 valence electrons. The highest BCUT2D eigenvalue weighted by Crippen LogP contribution is 2.21. The van der Waals surface area contributed by atoms with Gasteiger partial charge < -0.3 is 10.2 Å². The lowest BCUT2D eigenvalue weighted by molar-refractivity contribution is 1.13. The van der Waals surface area contributed by atoms with Crippen LogP contribution < -0.4 is 10.2 Å². The standard InChI is InChI=1S/C17H17N5/c1-22(2)14-7-5-6-13(12-14)20-17-19-11-9-16(21-17)15-8-3-4-10-18-15/h3-12H,1-2H3,(H,19,20,21). The first-order chi connectivity index (χ1) is 10.7. The molecule has 0 unspecified atom stereocenters. The molecule has 0 bridgehead atoms. The molecule has 0 spiro atoms. The molecule has 1 aromatic carbocycles. The minimum absolute atomic E-state index is 0.555. The van der Waals surface area contributed by atoms with Gasteiger partial charge in [-0.25, -0.2) is 9.97 Å². The van der Waals surface area contributed by atoms with Gasteiger partial charge >= 0.3 is 0 Å². The first kappa shape index (κ1) is 14.0. The van der Waals surface area contributed by atoms with Gasteiger partial charge in [0.15, 0.2) is 0 Å². The molecule has 0 amide bonds. The highest BCUT2D eigenvalue weighted by atomic mass is 15.1. The maximum Gasteiger partial charge on any atom is 0.227 e. The Hall–Kier alpha value is -2.95. The van der Waals surface area contributed by atoms with Gasteiger partial charge in [0.05, 0.1) is 11.4 Å². The second-order valence-electron chi connectivity index (χ2n) is 5.05. The van der Waals surface area contributed by atoms with Crippen molar-refractivity contribution in [2.75, 3.05) is 24.3 Å². The normalized spacial score (nSPS) is 10.3. The summed E-state index contributed by atoms with van der Waals surface area (Å²) in [7, 11) is 4.02. The SMILES string of the molecule is CN(C)c1cccc(Nc2nccc(-c3ccccn3)n2)c1. The Bertz CT molecular complexity index is 756. The Morgan fingerprint density at radius 2 is 1.77 bits per heavy atom. The number of aromatic nitrogens is 3. The molecule has 3 aromatic rings. The van der Waals surface area contributed by atoms with Gasteiger partial charge in [0.25, 0.3) is 0 Å². The third-order valence-corrected chi connectivity index (χ3v) is 3.20. The Kier molecular flexibility index (Phi) is 3.96. The third-order valence-electron chi connectivity index (χ3n) is 3.20. The van der Waals surface area contributed by atoms with E-state index in [1.807, 2.05) is 50.5 Å². The van der Waals surface area contributed by atoms with Crippen LogP contribution in [0.1, 0.15) is 0 Å². The fourth-order valence-electron chi connectivity index (χ4n) is 2.07. The number of hydrogen-bond donors (Lipinski definition) is 1. The summed E-state index contributed by atoms with van der Waals surface area (Å²) in [6, 6.07) is 15.7. The fraction of sp³-hybridized carbons (Fsp3) is 0.118. The summed E-state index contributed by atoms with van der Waals surface area (Å²) in [5.41, 5.74) is 3.69. The van der Waals surface area contributed by atoms with Crippen LogP contribution in [0.3, 0.4) is 0 Å². The molecule has 3 rings (SSSR count). The lowest BCUT2D eigenvalue weighted by Gasteiger charge is -2.14. The molecule has 0 aliphatic heterocycles. The number of benzene rings is 1. The Balaban J connectivity index is 1.86. The average molecular weight is 291 g/mol. The zero-order valence-electron chi connectivity index (χ0n) is 12.6. The first-order valence-electron chi connectivity index (χ1n) is 7.01. The van der Waals surface area contributed by atoms with Crippen LogP contribution in [-0.2, 0) is 0 Å². The van der Waals surface area contributed by atoms with Gasteiger partial charge in [-0.15, -0.1) is 0 Å². The number of anilines is 3. The molecule has 1 N–H and O–H groups in total. The van der Waals surface area contributed by atoms with E-state index in [0.717, 1.165) is 22.8 Å². The largest absolute Gasteiger partial charge is 0.378 e. The maximum absolute atomic E-state index is 4.51. The van der Waals surface area contributed by atoms with Crippen molar-refractivity contribution < 1.29 is 0 Å². The Morgan fingerprint density at radius 3 is 2.55 bits per heavy atom. The summed E-state index contributed by atoms with van der Waals surface area (Å²) in [5.74, 6) is 0.555. The zero-order chi connectivity index (χ0) is 15.4. The van der Waals surface area contributed by atoms with E-state index >= 15 is 0 Å². The summed E-state index contributed by atoms with van der Waals surface area (Å²) in [5, 5.41) is 3.23. The van der Waals surface area contributed by atoms with Gasteiger partial charge in [-0.3, -0.25) is 4.98 Å². The molecule has 0 aliphatic rings. The van der Waals surface area contributed by atoms with Crippen LogP contribution in [0.5, 0.6) is 0 Å². The third kappa shape index (κ3) is 3.20. The molecule has 22 heavy (non-hydrogen) atoms. The van der Waals surface area contributed by atoms with E-state index in [0.29, 0.717) is 5.95 Å². The van der Waals surface area contributed by atoms with Crippen molar-refractivity contribution in [2.24, 2.45) is 0 Å². The molecule has 0 fully saturated rings. The molecule has 2 heterocycles. The topological polar surface area (TPSA) is 53.9 Å². The van der Waals surface area contributed by atoms with Gasteiger partial charge in [-0.2, -0.15) is 0 Å². The van der Waals surface area contributed by atoms with Crippen molar-refractivity contribution in [3.8, 4) is 11.4 Å². The van der Waals surface area contributed by atoms with Crippen molar-refractivity contribution in [2.45, 2.75) is 0 Å². The van der Waals surface area contributed by atoms with Gasteiger partial charge in [-0.1, -0.05) is 12.1 Å². The minimum Gasteiger partial charge on any atom is -0.378 e. The van der Waals surface area contributed by atoms with E-state index in [1.165, 1.54) is 0 Å². The molecule has 2 aromatic heterocycles. The predicted octanol–water partition coefficient (Wildman–Crippen LogP) is 3.35. The lowest BCUT2D eigenvalue weighted by atomic mass is 10.2. The van der Waals surface area contributed by atoms with Crippen LogP contribution in [0.4, 0.5) is 17.3 Å². The Morgan fingerprint density at radius 1 is 0.864 bits per heavy atom. The van der Waals surface area contributed by atoms with Crippen LogP contribution in [0.25, 0.3) is 11.4 Å².